The number of hydrogen-bond acceptors (Lipinski definition) is 4. The second kappa shape index (κ2) is 3.89. The minimum absolute atomic E-state index is 0.00231. The van der Waals surface area contributed by atoms with Gasteiger partial charge < -0.3 is 14.7 Å². The van der Waals surface area contributed by atoms with Gasteiger partial charge in [-0.15, -0.1) is 0 Å². The highest BCUT2D eigenvalue weighted by Crippen LogP contribution is 2.33. The summed E-state index contributed by atoms with van der Waals surface area (Å²) in [6, 6.07) is 3.33. The molecule has 0 unspecified atom stereocenters. The van der Waals surface area contributed by atoms with Gasteiger partial charge in [0.25, 0.3) is 0 Å². The van der Waals surface area contributed by atoms with E-state index >= 15 is 0 Å². The lowest BCUT2D eigenvalue weighted by Crippen LogP contribution is -1.94. The van der Waals surface area contributed by atoms with E-state index in [-0.39, 0.29) is 22.8 Å². The SMILES string of the molecule is Cc1cc(F)cc(-c2cc(C(=O)O)no2)c1O. The lowest BCUT2D eigenvalue weighted by atomic mass is 10.1. The molecule has 0 saturated heterocycles. The highest BCUT2D eigenvalue weighted by molar-refractivity contribution is 5.86. The molecule has 6 heteroatoms. The number of phenolic OH excluding ortho intramolecular Hbond substituents is 1. The number of carboxylic acid groups (broad SMARTS) is 1. The Morgan fingerprint density at radius 3 is 2.71 bits per heavy atom. The third-order valence-electron chi connectivity index (χ3n) is 2.26. The van der Waals surface area contributed by atoms with Gasteiger partial charge >= 0.3 is 5.97 Å². The van der Waals surface area contributed by atoms with E-state index in [1.165, 1.54) is 6.92 Å². The maximum Gasteiger partial charge on any atom is 0.358 e. The van der Waals surface area contributed by atoms with Crippen LogP contribution in [-0.4, -0.2) is 21.3 Å². The number of aromatic hydroxyl groups is 1. The van der Waals surface area contributed by atoms with Gasteiger partial charge in [-0.1, -0.05) is 5.16 Å². The van der Waals surface area contributed by atoms with Crippen LogP contribution in [0.15, 0.2) is 22.7 Å². The molecule has 0 aliphatic carbocycles. The van der Waals surface area contributed by atoms with Crippen molar-refractivity contribution in [3.8, 4) is 17.1 Å². The molecule has 0 radical (unpaired) electrons. The van der Waals surface area contributed by atoms with E-state index in [0.29, 0.717) is 5.56 Å². The first-order valence-corrected chi connectivity index (χ1v) is 4.68. The number of rotatable bonds is 2. The Morgan fingerprint density at radius 2 is 2.12 bits per heavy atom. The van der Waals surface area contributed by atoms with E-state index in [9.17, 15) is 14.3 Å². The molecule has 0 atom stereocenters. The summed E-state index contributed by atoms with van der Waals surface area (Å²) < 4.78 is 17.9. The Bertz CT molecular complexity index is 591. The number of aryl methyl sites for hydroxylation is 1. The van der Waals surface area contributed by atoms with Crippen molar-refractivity contribution in [3.05, 3.63) is 35.3 Å². The number of aromatic carboxylic acids is 1. The van der Waals surface area contributed by atoms with Crippen LogP contribution < -0.4 is 0 Å². The molecular weight excluding hydrogens is 229 g/mol. The first kappa shape index (κ1) is 11.1. The first-order chi connectivity index (χ1) is 7.99. The molecule has 1 heterocycles. The predicted molar refractivity (Wildman–Crippen MR) is 55.3 cm³/mol. The van der Waals surface area contributed by atoms with Gasteiger partial charge in [0, 0.05) is 6.07 Å². The van der Waals surface area contributed by atoms with Gasteiger partial charge in [-0.3, -0.25) is 0 Å². The van der Waals surface area contributed by atoms with Crippen molar-refractivity contribution in [2.45, 2.75) is 6.92 Å². The molecule has 1 aromatic carbocycles. The molecule has 0 amide bonds. The Balaban J connectivity index is 2.56. The molecule has 0 fully saturated rings. The highest BCUT2D eigenvalue weighted by atomic mass is 19.1. The van der Waals surface area contributed by atoms with Crippen LogP contribution in [0.5, 0.6) is 5.75 Å². The van der Waals surface area contributed by atoms with Crippen molar-refractivity contribution in [3.63, 3.8) is 0 Å². The second-order valence-corrected chi connectivity index (χ2v) is 3.50. The van der Waals surface area contributed by atoms with E-state index < -0.39 is 11.8 Å². The maximum absolute atomic E-state index is 13.2. The third kappa shape index (κ3) is 1.96. The van der Waals surface area contributed by atoms with Crippen LogP contribution in [0, 0.1) is 12.7 Å². The summed E-state index contributed by atoms with van der Waals surface area (Å²) in [6.45, 7) is 1.52. The summed E-state index contributed by atoms with van der Waals surface area (Å²) in [5.74, 6) is -1.97. The highest BCUT2D eigenvalue weighted by Gasteiger charge is 2.16. The summed E-state index contributed by atoms with van der Waals surface area (Å²) in [4.78, 5) is 10.6. The molecule has 2 aromatic rings. The van der Waals surface area contributed by atoms with Gasteiger partial charge in [0.1, 0.15) is 11.6 Å². The average molecular weight is 237 g/mol. The van der Waals surface area contributed by atoms with Crippen LogP contribution >= 0.6 is 0 Å². The number of carbonyl (C=O) groups is 1. The molecule has 0 aliphatic heterocycles. The van der Waals surface area contributed by atoms with Gasteiger partial charge in [-0.2, -0.15) is 0 Å². The van der Waals surface area contributed by atoms with Crippen LogP contribution in [-0.2, 0) is 0 Å². The zero-order chi connectivity index (χ0) is 12.6. The second-order valence-electron chi connectivity index (χ2n) is 3.50. The summed E-state index contributed by atoms with van der Waals surface area (Å²) >= 11 is 0. The molecule has 88 valence electrons. The topological polar surface area (TPSA) is 83.6 Å². The Hall–Kier alpha value is -2.37. The zero-order valence-electron chi connectivity index (χ0n) is 8.77. The molecule has 0 bridgehead atoms. The molecule has 1 aromatic heterocycles. The fraction of sp³-hybridized carbons (Fsp3) is 0.0909. The van der Waals surface area contributed by atoms with E-state index in [0.717, 1.165) is 18.2 Å². The number of nitrogens with zero attached hydrogens (tertiary/aromatic N) is 1. The minimum atomic E-state index is -1.26. The van der Waals surface area contributed by atoms with E-state index in [2.05, 4.69) is 5.16 Å². The first-order valence-electron chi connectivity index (χ1n) is 4.68. The average Bonchev–Trinajstić information content (AvgIpc) is 2.72. The predicted octanol–water partition coefficient (Wildman–Crippen LogP) is 2.19. The van der Waals surface area contributed by atoms with E-state index in [1.807, 2.05) is 0 Å². The van der Waals surface area contributed by atoms with Gasteiger partial charge in [-0.05, 0) is 24.6 Å². The lowest BCUT2D eigenvalue weighted by Gasteiger charge is -2.03. The smallest absolute Gasteiger partial charge is 0.358 e. The summed E-state index contributed by atoms with van der Waals surface area (Å²) in [5, 5.41) is 21.7. The van der Waals surface area contributed by atoms with Crippen LogP contribution in [0.2, 0.25) is 0 Å². The molecule has 5 nitrogen and oxygen atoms in total. The quantitative estimate of drug-likeness (QED) is 0.836. The molecule has 2 N–H and O–H groups in total. The zero-order valence-corrected chi connectivity index (χ0v) is 8.77. The number of halogens is 1. The standard InChI is InChI=1S/C11H8FNO4/c1-5-2-6(12)3-7(10(5)14)9-4-8(11(15)16)13-17-9/h2-4,14H,1H3,(H,15,16). The molecule has 2 rings (SSSR count). The van der Waals surface area contributed by atoms with Crippen molar-refractivity contribution in [1.29, 1.82) is 0 Å². The van der Waals surface area contributed by atoms with Crippen molar-refractivity contribution >= 4 is 5.97 Å². The number of aromatic nitrogens is 1. The third-order valence-corrected chi connectivity index (χ3v) is 2.26. The summed E-state index contributed by atoms with van der Waals surface area (Å²) in [6.07, 6.45) is 0. The Morgan fingerprint density at radius 1 is 1.41 bits per heavy atom. The molecular formula is C11H8FNO4. The fourth-order valence-corrected chi connectivity index (χ4v) is 1.43. The molecule has 0 spiro atoms. The van der Waals surface area contributed by atoms with Crippen molar-refractivity contribution < 1.29 is 23.9 Å². The van der Waals surface area contributed by atoms with Crippen molar-refractivity contribution in [1.82, 2.24) is 5.16 Å². The number of carboxylic acids is 1. The molecule has 0 saturated carbocycles. The van der Waals surface area contributed by atoms with Crippen molar-refractivity contribution in [2.24, 2.45) is 0 Å². The lowest BCUT2D eigenvalue weighted by molar-refractivity contribution is 0.0686. The monoisotopic (exact) mass is 237 g/mol. The van der Waals surface area contributed by atoms with Gasteiger partial charge in [0.15, 0.2) is 11.5 Å². The van der Waals surface area contributed by atoms with E-state index in [4.69, 9.17) is 9.63 Å². The van der Waals surface area contributed by atoms with Gasteiger partial charge in [0.2, 0.25) is 0 Å². The maximum atomic E-state index is 13.2. The number of phenols is 1. The molecule has 17 heavy (non-hydrogen) atoms. The molecule has 0 aliphatic rings. The summed E-state index contributed by atoms with van der Waals surface area (Å²) in [7, 11) is 0. The van der Waals surface area contributed by atoms with Gasteiger partial charge in [-0.25, -0.2) is 9.18 Å². The largest absolute Gasteiger partial charge is 0.507 e. The van der Waals surface area contributed by atoms with Crippen LogP contribution in [0.25, 0.3) is 11.3 Å². The minimum Gasteiger partial charge on any atom is -0.507 e. The Labute approximate surface area is 95.1 Å². The van der Waals surface area contributed by atoms with Crippen LogP contribution in [0.3, 0.4) is 0 Å². The normalized spacial score (nSPS) is 10.5. The van der Waals surface area contributed by atoms with Gasteiger partial charge in [0.05, 0.1) is 5.56 Å². The Kier molecular flexibility index (Phi) is 2.55. The summed E-state index contributed by atoms with van der Waals surface area (Å²) in [5.41, 5.74) is 0.0945. The van der Waals surface area contributed by atoms with E-state index in [1.54, 1.807) is 0 Å². The number of hydrogen-bond donors (Lipinski definition) is 2. The number of benzene rings is 1. The van der Waals surface area contributed by atoms with Crippen LogP contribution in [0.4, 0.5) is 4.39 Å². The fourth-order valence-electron chi connectivity index (χ4n) is 1.43. The van der Waals surface area contributed by atoms with Crippen LogP contribution in [0.1, 0.15) is 16.1 Å². The van der Waals surface area contributed by atoms with Crippen molar-refractivity contribution in [2.75, 3.05) is 0 Å².